The molecule has 3 aliphatic rings. The van der Waals surface area contributed by atoms with E-state index in [1.54, 1.807) is 0 Å². The van der Waals surface area contributed by atoms with Gasteiger partial charge in [-0.3, -0.25) is 4.90 Å². The number of likely N-dealkylation sites (tertiary alicyclic amines) is 1. The highest BCUT2D eigenvalue weighted by Gasteiger charge is 2.46. The van der Waals surface area contributed by atoms with Crippen LogP contribution < -0.4 is 11.1 Å². The average Bonchev–Trinajstić information content (AvgIpc) is 3.20. The lowest BCUT2D eigenvalue weighted by atomic mass is 9.94. The molecule has 0 spiro atoms. The van der Waals surface area contributed by atoms with Crippen molar-refractivity contribution in [2.75, 3.05) is 30.7 Å². The van der Waals surface area contributed by atoms with Gasteiger partial charge >= 0.3 is 6.09 Å². The number of amides is 1. The van der Waals surface area contributed by atoms with Crippen molar-refractivity contribution in [3.05, 3.63) is 24.3 Å². The molecule has 1 amide bonds. The molecule has 3 heterocycles. The summed E-state index contributed by atoms with van der Waals surface area (Å²) in [6.07, 6.45) is 5.75. The minimum Gasteiger partial charge on any atom is -0.450 e. The first-order valence-electron chi connectivity index (χ1n) is 9.96. The van der Waals surface area contributed by atoms with Crippen LogP contribution in [-0.2, 0) is 4.74 Å². The zero-order valence-electron chi connectivity index (χ0n) is 15.6. The SMILES string of the molecule is CCOC(=O)N1CCC(N2C3CCC2CC(Nc2ccccc2N)C3)C1. The first kappa shape index (κ1) is 17.5. The summed E-state index contributed by atoms with van der Waals surface area (Å²) in [5.74, 6) is 0. The maximum atomic E-state index is 12.0. The number of anilines is 2. The molecule has 1 aromatic carbocycles. The zero-order valence-corrected chi connectivity index (χ0v) is 15.6. The molecule has 3 saturated heterocycles. The van der Waals surface area contributed by atoms with Crippen LogP contribution in [0.15, 0.2) is 24.3 Å². The number of rotatable bonds is 4. The molecule has 3 unspecified atom stereocenters. The van der Waals surface area contributed by atoms with Crippen molar-refractivity contribution in [1.82, 2.24) is 9.80 Å². The summed E-state index contributed by atoms with van der Waals surface area (Å²) in [5.41, 5.74) is 7.97. The van der Waals surface area contributed by atoms with Crippen molar-refractivity contribution in [1.29, 1.82) is 0 Å². The molecule has 3 fully saturated rings. The van der Waals surface area contributed by atoms with Crippen LogP contribution in [0.4, 0.5) is 16.2 Å². The molecule has 3 aliphatic heterocycles. The fourth-order valence-corrected chi connectivity index (χ4v) is 5.14. The number of nitrogens with two attached hydrogens (primary N) is 1. The highest BCUT2D eigenvalue weighted by atomic mass is 16.6. The Hall–Kier alpha value is -1.95. The summed E-state index contributed by atoms with van der Waals surface area (Å²) >= 11 is 0. The maximum absolute atomic E-state index is 12.0. The number of nitrogens with one attached hydrogen (secondary N) is 1. The summed E-state index contributed by atoms with van der Waals surface area (Å²) in [6, 6.07) is 10.2. The van der Waals surface area contributed by atoms with Gasteiger partial charge in [-0.15, -0.1) is 0 Å². The molecule has 0 radical (unpaired) electrons. The van der Waals surface area contributed by atoms with Gasteiger partial charge < -0.3 is 20.7 Å². The monoisotopic (exact) mass is 358 g/mol. The Morgan fingerprint density at radius 2 is 1.92 bits per heavy atom. The van der Waals surface area contributed by atoms with E-state index in [2.05, 4.69) is 16.3 Å². The van der Waals surface area contributed by atoms with E-state index < -0.39 is 0 Å². The second-order valence-electron chi connectivity index (χ2n) is 7.82. The van der Waals surface area contributed by atoms with Crippen LogP contribution in [0.3, 0.4) is 0 Å². The predicted octanol–water partition coefficient (Wildman–Crippen LogP) is 2.91. The van der Waals surface area contributed by atoms with E-state index in [1.165, 1.54) is 12.8 Å². The van der Waals surface area contributed by atoms with Crippen LogP contribution in [0.1, 0.15) is 39.0 Å². The van der Waals surface area contributed by atoms with Crippen LogP contribution in [0.5, 0.6) is 0 Å². The topological polar surface area (TPSA) is 70.8 Å². The first-order chi connectivity index (χ1) is 12.7. The van der Waals surface area contributed by atoms with Gasteiger partial charge in [0.2, 0.25) is 0 Å². The van der Waals surface area contributed by atoms with E-state index in [-0.39, 0.29) is 6.09 Å². The molecule has 4 rings (SSSR count). The molecular formula is C20H30N4O2. The molecule has 26 heavy (non-hydrogen) atoms. The second-order valence-corrected chi connectivity index (χ2v) is 7.82. The van der Waals surface area contributed by atoms with Crippen LogP contribution in [0, 0.1) is 0 Å². The number of benzene rings is 1. The fraction of sp³-hybridized carbons (Fsp3) is 0.650. The van der Waals surface area contributed by atoms with E-state index >= 15 is 0 Å². The van der Waals surface area contributed by atoms with Gasteiger partial charge in [-0.2, -0.15) is 0 Å². The number of nitrogens with zero attached hydrogens (tertiary/aromatic N) is 2. The van der Waals surface area contributed by atoms with Crippen LogP contribution in [-0.4, -0.2) is 59.8 Å². The van der Waals surface area contributed by atoms with E-state index in [0.717, 1.165) is 43.7 Å². The Bertz CT molecular complexity index is 638. The average molecular weight is 358 g/mol. The van der Waals surface area contributed by atoms with Gasteiger partial charge in [0, 0.05) is 37.3 Å². The maximum Gasteiger partial charge on any atom is 0.409 e. The molecule has 3 atom stereocenters. The van der Waals surface area contributed by atoms with Crippen molar-refractivity contribution < 1.29 is 9.53 Å². The molecule has 0 aromatic heterocycles. The van der Waals surface area contributed by atoms with Crippen LogP contribution >= 0.6 is 0 Å². The van der Waals surface area contributed by atoms with E-state index in [1.807, 2.05) is 30.0 Å². The van der Waals surface area contributed by atoms with Crippen molar-refractivity contribution in [3.8, 4) is 0 Å². The summed E-state index contributed by atoms with van der Waals surface area (Å²) < 4.78 is 5.17. The van der Waals surface area contributed by atoms with Gasteiger partial charge in [0.1, 0.15) is 0 Å². The predicted molar refractivity (Wildman–Crippen MR) is 103 cm³/mol. The smallest absolute Gasteiger partial charge is 0.409 e. The second kappa shape index (κ2) is 7.35. The molecule has 1 aromatic rings. The van der Waals surface area contributed by atoms with Gasteiger partial charge in [-0.05, 0) is 51.2 Å². The molecule has 0 aliphatic carbocycles. The van der Waals surface area contributed by atoms with Crippen molar-refractivity contribution in [3.63, 3.8) is 0 Å². The Morgan fingerprint density at radius 3 is 2.62 bits per heavy atom. The van der Waals surface area contributed by atoms with Gasteiger partial charge in [0.05, 0.1) is 18.0 Å². The van der Waals surface area contributed by atoms with E-state index in [0.29, 0.717) is 30.8 Å². The number of hydrogen-bond donors (Lipinski definition) is 2. The highest BCUT2D eigenvalue weighted by molar-refractivity contribution is 5.68. The summed E-state index contributed by atoms with van der Waals surface area (Å²) in [4.78, 5) is 16.6. The minimum absolute atomic E-state index is 0.154. The number of fused-ring (bicyclic) bond motifs is 2. The normalized spacial score (nSPS) is 31.2. The largest absolute Gasteiger partial charge is 0.450 e. The summed E-state index contributed by atoms with van der Waals surface area (Å²) in [7, 11) is 0. The van der Waals surface area contributed by atoms with Crippen molar-refractivity contribution in [2.24, 2.45) is 0 Å². The zero-order chi connectivity index (χ0) is 18.1. The number of piperidine rings is 1. The molecule has 0 saturated carbocycles. The van der Waals surface area contributed by atoms with E-state index in [4.69, 9.17) is 10.5 Å². The minimum atomic E-state index is -0.154. The molecular weight excluding hydrogens is 328 g/mol. The molecule has 6 nitrogen and oxygen atoms in total. The molecule has 142 valence electrons. The number of hydrogen-bond acceptors (Lipinski definition) is 5. The number of ether oxygens (including phenoxy) is 1. The van der Waals surface area contributed by atoms with Gasteiger partial charge in [0.25, 0.3) is 0 Å². The molecule has 6 heteroatoms. The first-order valence-corrected chi connectivity index (χ1v) is 9.96. The van der Waals surface area contributed by atoms with Gasteiger partial charge in [-0.25, -0.2) is 4.79 Å². The standard InChI is InChI=1S/C20H30N4O2/c1-2-26-20(25)23-10-9-17(13-23)24-15-7-8-16(24)12-14(11-15)22-19-6-4-3-5-18(19)21/h3-6,14-17,22H,2,7-13,21H2,1H3. The fourth-order valence-electron chi connectivity index (χ4n) is 5.14. The lowest BCUT2D eigenvalue weighted by Crippen LogP contribution is -2.52. The third-order valence-corrected chi connectivity index (χ3v) is 6.22. The quantitative estimate of drug-likeness (QED) is 0.810. The van der Waals surface area contributed by atoms with Crippen LogP contribution in [0.25, 0.3) is 0 Å². The number of carbonyl (C=O) groups excluding carboxylic acids is 1. The van der Waals surface area contributed by atoms with Gasteiger partial charge in [0.15, 0.2) is 0 Å². The number of carbonyl (C=O) groups is 1. The Labute approximate surface area is 155 Å². The lowest BCUT2D eigenvalue weighted by Gasteiger charge is -2.43. The Balaban J connectivity index is 1.37. The van der Waals surface area contributed by atoms with Crippen molar-refractivity contribution in [2.45, 2.75) is 63.2 Å². The van der Waals surface area contributed by atoms with Gasteiger partial charge in [-0.1, -0.05) is 12.1 Å². The summed E-state index contributed by atoms with van der Waals surface area (Å²) in [6.45, 7) is 3.95. The third-order valence-electron chi connectivity index (χ3n) is 6.22. The number of para-hydroxylation sites is 2. The van der Waals surface area contributed by atoms with Crippen molar-refractivity contribution >= 4 is 17.5 Å². The molecule has 3 N–H and O–H groups in total. The Morgan fingerprint density at radius 1 is 1.19 bits per heavy atom. The molecule has 2 bridgehead atoms. The van der Waals surface area contributed by atoms with E-state index in [9.17, 15) is 4.79 Å². The third kappa shape index (κ3) is 3.34. The number of nitrogen functional groups attached to an aromatic ring is 1. The highest BCUT2D eigenvalue weighted by Crippen LogP contribution is 2.40. The van der Waals surface area contributed by atoms with Crippen LogP contribution in [0.2, 0.25) is 0 Å². The summed E-state index contributed by atoms with van der Waals surface area (Å²) in [5, 5.41) is 3.67. The lowest BCUT2D eigenvalue weighted by molar-refractivity contribution is 0.0777. The Kier molecular flexibility index (Phi) is 4.94.